The summed E-state index contributed by atoms with van der Waals surface area (Å²) in [5, 5.41) is 3.10. The third-order valence-electron chi connectivity index (χ3n) is 4.48. The van der Waals surface area contributed by atoms with Gasteiger partial charge in [-0.1, -0.05) is 18.2 Å². The number of anilines is 2. The first kappa shape index (κ1) is 18.6. The predicted molar refractivity (Wildman–Crippen MR) is 109 cm³/mol. The Labute approximate surface area is 166 Å². The molecule has 0 saturated heterocycles. The number of nitrogens with zero attached hydrogens (tertiary/aromatic N) is 1. The zero-order chi connectivity index (χ0) is 20.4. The molecular formula is C22H19FN2O4. The van der Waals surface area contributed by atoms with Gasteiger partial charge in [0.15, 0.2) is 5.58 Å². The maximum absolute atomic E-state index is 14.6. The van der Waals surface area contributed by atoms with E-state index in [1.54, 1.807) is 62.8 Å². The van der Waals surface area contributed by atoms with Crippen LogP contribution in [-0.2, 0) is 0 Å². The molecule has 1 heterocycles. The summed E-state index contributed by atoms with van der Waals surface area (Å²) in [5.41, 5.74) is 2.60. The normalized spacial score (nSPS) is 10.8. The van der Waals surface area contributed by atoms with E-state index in [1.807, 2.05) is 0 Å². The Morgan fingerprint density at radius 1 is 0.897 bits per heavy atom. The van der Waals surface area contributed by atoms with Gasteiger partial charge in [-0.2, -0.15) is 4.98 Å². The summed E-state index contributed by atoms with van der Waals surface area (Å²) in [6.07, 6.45) is 0. The number of halogens is 1. The number of fused-ring (bicyclic) bond motifs is 1. The van der Waals surface area contributed by atoms with Crippen LogP contribution >= 0.6 is 0 Å². The molecule has 148 valence electrons. The van der Waals surface area contributed by atoms with Gasteiger partial charge in [0.05, 0.1) is 26.9 Å². The molecule has 0 atom stereocenters. The number of para-hydroxylation sites is 1. The summed E-state index contributed by atoms with van der Waals surface area (Å²) in [7, 11) is 4.65. The lowest BCUT2D eigenvalue weighted by atomic mass is 10.0. The molecule has 29 heavy (non-hydrogen) atoms. The average molecular weight is 394 g/mol. The van der Waals surface area contributed by atoms with Gasteiger partial charge in [-0.15, -0.1) is 0 Å². The largest absolute Gasteiger partial charge is 0.497 e. The zero-order valence-corrected chi connectivity index (χ0v) is 16.2. The highest BCUT2D eigenvalue weighted by molar-refractivity contribution is 5.93. The van der Waals surface area contributed by atoms with Crippen molar-refractivity contribution >= 4 is 22.8 Å². The van der Waals surface area contributed by atoms with Crippen molar-refractivity contribution in [2.24, 2.45) is 0 Å². The van der Waals surface area contributed by atoms with Crippen LogP contribution in [0, 0.1) is 5.82 Å². The lowest BCUT2D eigenvalue weighted by Gasteiger charge is -2.09. The van der Waals surface area contributed by atoms with Crippen molar-refractivity contribution in [1.29, 1.82) is 0 Å². The highest BCUT2D eigenvalue weighted by Crippen LogP contribution is 2.38. The van der Waals surface area contributed by atoms with E-state index < -0.39 is 5.82 Å². The first-order valence-corrected chi connectivity index (χ1v) is 8.85. The topological polar surface area (TPSA) is 65.8 Å². The Bertz CT molecular complexity index is 1150. The molecule has 0 fully saturated rings. The molecule has 1 aromatic heterocycles. The minimum absolute atomic E-state index is 0.262. The summed E-state index contributed by atoms with van der Waals surface area (Å²) < 4.78 is 36.4. The molecule has 0 aliphatic rings. The maximum atomic E-state index is 14.6. The van der Waals surface area contributed by atoms with Gasteiger partial charge in [-0.3, -0.25) is 0 Å². The Morgan fingerprint density at radius 2 is 1.62 bits per heavy atom. The van der Waals surface area contributed by atoms with Gasteiger partial charge < -0.3 is 23.9 Å². The highest BCUT2D eigenvalue weighted by Gasteiger charge is 2.18. The van der Waals surface area contributed by atoms with E-state index in [9.17, 15) is 4.39 Å². The van der Waals surface area contributed by atoms with Crippen LogP contribution in [0.1, 0.15) is 0 Å². The van der Waals surface area contributed by atoms with E-state index in [-0.39, 0.29) is 6.01 Å². The van der Waals surface area contributed by atoms with Gasteiger partial charge in [-0.25, -0.2) is 4.39 Å². The van der Waals surface area contributed by atoms with Crippen molar-refractivity contribution < 1.29 is 23.0 Å². The number of nitrogens with one attached hydrogen (secondary N) is 1. The molecule has 0 bridgehead atoms. The molecule has 0 spiro atoms. The number of rotatable bonds is 6. The number of hydrogen-bond donors (Lipinski definition) is 1. The number of benzene rings is 3. The van der Waals surface area contributed by atoms with Crippen molar-refractivity contribution in [3.63, 3.8) is 0 Å². The van der Waals surface area contributed by atoms with Crippen LogP contribution in [-0.4, -0.2) is 26.3 Å². The summed E-state index contributed by atoms with van der Waals surface area (Å²) in [5.74, 6) is 1.26. The highest BCUT2D eigenvalue weighted by atomic mass is 19.1. The van der Waals surface area contributed by atoms with Crippen LogP contribution in [0.2, 0.25) is 0 Å². The number of aromatic nitrogens is 1. The van der Waals surface area contributed by atoms with E-state index in [2.05, 4.69) is 10.3 Å². The molecule has 0 saturated carbocycles. The minimum atomic E-state index is -0.403. The molecule has 1 N–H and O–H groups in total. The Kier molecular flexibility index (Phi) is 4.95. The first-order chi connectivity index (χ1) is 14.1. The molecule has 0 radical (unpaired) electrons. The molecule has 0 aliphatic heterocycles. The molecule has 0 amide bonds. The lowest BCUT2D eigenvalue weighted by molar-refractivity contribution is 0.394. The smallest absolute Gasteiger partial charge is 0.300 e. The maximum Gasteiger partial charge on any atom is 0.300 e. The molecule has 6 nitrogen and oxygen atoms in total. The van der Waals surface area contributed by atoms with E-state index >= 15 is 0 Å². The van der Waals surface area contributed by atoms with Crippen molar-refractivity contribution in [2.45, 2.75) is 0 Å². The predicted octanol–water partition coefficient (Wildman–Crippen LogP) is 5.40. The van der Waals surface area contributed by atoms with Gasteiger partial charge in [0, 0.05) is 29.4 Å². The average Bonchev–Trinajstić information content (AvgIpc) is 3.15. The second kappa shape index (κ2) is 7.71. The van der Waals surface area contributed by atoms with Crippen LogP contribution in [0.5, 0.6) is 17.2 Å². The summed E-state index contributed by atoms with van der Waals surface area (Å²) in [4.78, 5) is 4.47. The SMILES string of the molecule is COc1cc(Nc2nc3cccc(-c4c(F)cccc4OC)c3o2)cc(OC)c1. The van der Waals surface area contributed by atoms with E-state index in [4.69, 9.17) is 18.6 Å². The number of hydrogen-bond acceptors (Lipinski definition) is 6. The van der Waals surface area contributed by atoms with Gasteiger partial charge in [0.2, 0.25) is 0 Å². The van der Waals surface area contributed by atoms with E-state index in [1.165, 1.54) is 13.2 Å². The van der Waals surface area contributed by atoms with Crippen LogP contribution < -0.4 is 19.5 Å². The molecule has 4 aromatic rings. The van der Waals surface area contributed by atoms with Crippen molar-refractivity contribution in [1.82, 2.24) is 4.98 Å². The fourth-order valence-corrected chi connectivity index (χ4v) is 3.14. The molecule has 7 heteroatoms. The third-order valence-corrected chi connectivity index (χ3v) is 4.48. The van der Waals surface area contributed by atoms with E-state index in [0.717, 1.165) is 0 Å². The summed E-state index contributed by atoms with van der Waals surface area (Å²) in [6.45, 7) is 0. The van der Waals surface area contributed by atoms with Crippen molar-refractivity contribution in [3.8, 4) is 28.4 Å². The summed E-state index contributed by atoms with van der Waals surface area (Å²) in [6, 6.07) is 15.7. The summed E-state index contributed by atoms with van der Waals surface area (Å²) >= 11 is 0. The van der Waals surface area contributed by atoms with Gasteiger partial charge in [0.1, 0.15) is 28.6 Å². The quantitative estimate of drug-likeness (QED) is 0.472. The molecule has 0 unspecified atom stereocenters. The van der Waals surface area contributed by atoms with E-state index in [0.29, 0.717) is 45.2 Å². The fraction of sp³-hybridized carbons (Fsp3) is 0.136. The number of ether oxygens (including phenoxy) is 3. The van der Waals surface area contributed by atoms with Crippen molar-refractivity contribution in [2.75, 3.05) is 26.6 Å². The Morgan fingerprint density at radius 3 is 2.31 bits per heavy atom. The standard InChI is InChI=1S/C22H19FN2O4/c1-26-14-10-13(11-15(12-14)27-2)24-22-25-18-8-4-6-16(21(18)29-22)20-17(23)7-5-9-19(20)28-3/h4-12H,1-3H3,(H,24,25). The fourth-order valence-electron chi connectivity index (χ4n) is 3.14. The van der Waals surface area contributed by atoms with Gasteiger partial charge in [-0.05, 0) is 18.2 Å². The van der Waals surface area contributed by atoms with Crippen molar-refractivity contribution in [3.05, 3.63) is 60.4 Å². The molecule has 4 rings (SSSR count). The number of methoxy groups -OCH3 is 3. The lowest BCUT2D eigenvalue weighted by Crippen LogP contribution is -1.93. The van der Waals surface area contributed by atoms with Crippen LogP contribution in [0.25, 0.3) is 22.2 Å². The molecular weight excluding hydrogens is 375 g/mol. The molecule has 0 aliphatic carbocycles. The second-order valence-electron chi connectivity index (χ2n) is 6.22. The zero-order valence-electron chi connectivity index (χ0n) is 16.2. The molecule has 3 aromatic carbocycles. The monoisotopic (exact) mass is 394 g/mol. The number of oxazole rings is 1. The van der Waals surface area contributed by atoms with Gasteiger partial charge >= 0.3 is 0 Å². The van der Waals surface area contributed by atoms with Gasteiger partial charge in [0.25, 0.3) is 6.01 Å². The third kappa shape index (κ3) is 3.54. The first-order valence-electron chi connectivity index (χ1n) is 8.85. The Hall–Kier alpha value is -3.74. The van der Waals surface area contributed by atoms with Crippen LogP contribution in [0.4, 0.5) is 16.1 Å². The minimum Gasteiger partial charge on any atom is -0.497 e. The van der Waals surface area contributed by atoms with Crippen LogP contribution in [0.3, 0.4) is 0 Å². The second-order valence-corrected chi connectivity index (χ2v) is 6.22. The Balaban J connectivity index is 1.78. The van der Waals surface area contributed by atoms with Crippen LogP contribution in [0.15, 0.2) is 59.0 Å².